The van der Waals surface area contributed by atoms with E-state index < -0.39 is 11.4 Å². The number of rotatable bonds is 9. The van der Waals surface area contributed by atoms with E-state index in [2.05, 4.69) is 38.1 Å². The molecule has 5 unspecified atom stereocenters. The molecule has 0 aromatic heterocycles. The average molecular weight is 557 g/mol. The molecule has 0 N–H and O–H groups in total. The van der Waals surface area contributed by atoms with Crippen LogP contribution in [0, 0.1) is 0 Å². The molecule has 4 heterocycles. The lowest BCUT2D eigenvalue weighted by Gasteiger charge is -2.43. The third-order valence-corrected chi connectivity index (χ3v) is 8.73. The maximum atomic E-state index is 6.14. The van der Waals surface area contributed by atoms with Gasteiger partial charge in [-0.2, -0.15) is 0 Å². The highest BCUT2D eigenvalue weighted by molar-refractivity contribution is 5.15. The van der Waals surface area contributed by atoms with Crippen molar-refractivity contribution in [1.29, 1.82) is 0 Å². The topological polar surface area (TPSA) is 73.8 Å². The van der Waals surface area contributed by atoms with Crippen LogP contribution in [0.4, 0.5) is 0 Å². The van der Waals surface area contributed by atoms with Crippen LogP contribution in [0.25, 0.3) is 0 Å². The van der Waals surface area contributed by atoms with Gasteiger partial charge in [-0.1, -0.05) is 67.6 Å². The fourth-order valence-electron chi connectivity index (χ4n) is 6.13. The second kappa shape index (κ2) is 12.5. The number of benzene rings is 2. The van der Waals surface area contributed by atoms with Crippen molar-refractivity contribution in [3.63, 3.8) is 0 Å². The first-order valence-electron chi connectivity index (χ1n) is 14.3. The fourth-order valence-corrected chi connectivity index (χ4v) is 6.13. The summed E-state index contributed by atoms with van der Waals surface area (Å²) in [6.07, 6.45) is 2.10. The summed E-state index contributed by atoms with van der Waals surface area (Å²) < 4.78 is 46.9. The lowest BCUT2D eigenvalue weighted by Crippen LogP contribution is -2.56. The van der Waals surface area contributed by atoms with Gasteiger partial charge in [-0.3, -0.25) is 0 Å². The first-order valence-corrected chi connectivity index (χ1v) is 14.3. The molecule has 4 saturated heterocycles. The third-order valence-electron chi connectivity index (χ3n) is 8.73. The summed E-state index contributed by atoms with van der Waals surface area (Å²) in [4.78, 5) is 0. The Balaban J connectivity index is 0.000000161. The van der Waals surface area contributed by atoms with Gasteiger partial charge in [0.25, 0.3) is 0 Å². The Morgan fingerprint density at radius 2 is 1.40 bits per heavy atom. The second-order valence-electron chi connectivity index (χ2n) is 11.5. The molecule has 8 heteroatoms. The maximum absolute atomic E-state index is 6.14. The van der Waals surface area contributed by atoms with Crippen molar-refractivity contribution >= 4 is 0 Å². The van der Waals surface area contributed by atoms with E-state index >= 15 is 0 Å². The molecule has 220 valence electrons. The van der Waals surface area contributed by atoms with Crippen LogP contribution in [0.15, 0.2) is 60.7 Å². The quantitative estimate of drug-likeness (QED) is 0.426. The summed E-state index contributed by atoms with van der Waals surface area (Å²) in [7, 11) is 3.39. The third kappa shape index (κ3) is 6.15. The molecule has 2 aromatic rings. The monoisotopic (exact) mass is 556 g/mol. The summed E-state index contributed by atoms with van der Waals surface area (Å²) >= 11 is 0. The van der Waals surface area contributed by atoms with E-state index in [1.807, 2.05) is 43.3 Å². The summed E-state index contributed by atoms with van der Waals surface area (Å²) in [5.41, 5.74) is 1.64. The molecule has 4 aliphatic heterocycles. The number of hydrogen-bond acceptors (Lipinski definition) is 8. The van der Waals surface area contributed by atoms with Crippen molar-refractivity contribution in [3.05, 3.63) is 71.8 Å². The SMILES string of the molecule is CC[C@]12COC(O1)[C@H](OC)C[C@@H]2OCc1ccccc1.COC1CC(OCc2ccccc2)C2(C)COC1(C)O2. The van der Waals surface area contributed by atoms with E-state index in [4.69, 9.17) is 37.9 Å². The van der Waals surface area contributed by atoms with E-state index in [9.17, 15) is 0 Å². The van der Waals surface area contributed by atoms with Gasteiger partial charge in [-0.25, -0.2) is 0 Å². The van der Waals surface area contributed by atoms with Gasteiger partial charge in [0, 0.05) is 27.1 Å². The Hall–Kier alpha value is -1.88. The van der Waals surface area contributed by atoms with Crippen molar-refractivity contribution in [2.24, 2.45) is 0 Å². The van der Waals surface area contributed by atoms with Crippen LogP contribution in [0.1, 0.15) is 51.2 Å². The number of fused-ring (bicyclic) bond motifs is 4. The Kier molecular flexibility index (Phi) is 9.29. The summed E-state index contributed by atoms with van der Waals surface area (Å²) in [5, 5.41) is 0. The molecule has 2 aromatic carbocycles. The van der Waals surface area contributed by atoms with Crippen LogP contribution in [0.5, 0.6) is 0 Å². The molecule has 8 nitrogen and oxygen atoms in total. The summed E-state index contributed by atoms with van der Waals surface area (Å²) in [6.45, 7) is 8.43. The molecule has 8 atom stereocenters. The first kappa shape index (κ1) is 29.6. The minimum absolute atomic E-state index is 0.0106. The lowest BCUT2D eigenvalue weighted by molar-refractivity contribution is -0.285. The Labute approximate surface area is 238 Å². The fraction of sp³-hybridized carbons (Fsp3) is 0.625. The average Bonchev–Trinajstić information content (AvgIpc) is 3.50. The smallest absolute Gasteiger partial charge is 0.192 e. The zero-order chi connectivity index (χ0) is 28.2. The Morgan fingerprint density at radius 1 is 0.775 bits per heavy atom. The molecule has 4 fully saturated rings. The number of methoxy groups -OCH3 is 2. The zero-order valence-corrected chi connectivity index (χ0v) is 24.4. The minimum Gasteiger partial charge on any atom is -0.376 e. The van der Waals surface area contributed by atoms with Crippen molar-refractivity contribution in [1.82, 2.24) is 0 Å². The van der Waals surface area contributed by atoms with E-state index in [0.717, 1.165) is 24.8 Å². The molecule has 4 bridgehead atoms. The van der Waals surface area contributed by atoms with Crippen LogP contribution >= 0.6 is 0 Å². The maximum Gasteiger partial charge on any atom is 0.192 e. The molecule has 0 spiro atoms. The normalized spacial score (nSPS) is 38.1. The van der Waals surface area contributed by atoms with Gasteiger partial charge in [0.2, 0.25) is 0 Å². The number of ether oxygens (including phenoxy) is 8. The van der Waals surface area contributed by atoms with Crippen LogP contribution in [0.3, 0.4) is 0 Å². The van der Waals surface area contributed by atoms with Gasteiger partial charge in [-0.05, 0) is 31.4 Å². The van der Waals surface area contributed by atoms with E-state index in [-0.39, 0.29) is 36.3 Å². The molecule has 0 aliphatic carbocycles. The molecule has 6 rings (SSSR count). The van der Waals surface area contributed by atoms with Gasteiger partial charge in [0.05, 0.1) is 38.6 Å². The predicted molar refractivity (Wildman–Crippen MR) is 149 cm³/mol. The lowest BCUT2D eigenvalue weighted by atomic mass is 9.88. The molecule has 0 saturated carbocycles. The Bertz CT molecular complexity index is 1070. The van der Waals surface area contributed by atoms with Crippen LogP contribution < -0.4 is 0 Å². The van der Waals surface area contributed by atoms with Gasteiger partial charge in [0.1, 0.15) is 23.4 Å². The molecule has 0 amide bonds. The molecule has 0 radical (unpaired) electrons. The van der Waals surface area contributed by atoms with Gasteiger partial charge in [-0.15, -0.1) is 0 Å². The van der Waals surface area contributed by atoms with Crippen molar-refractivity contribution in [2.45, 2.75) is 101 Å². The molecular formula is C32H44O8. The number of hydrogen-bond donors (Lipinski definition) is 0. The summed E-state index contributed by atoms with van der Waals surface area (Å²) in [5.74, 6) is -0.643. The van der Waals surface area contributed by atoms with Gasteiger partial charge < -0.3 is 37.9 Å². The van der Waals surface area contributed by atoms with E-state index in [1.54, 1.807) is 14.2 Å². The Morgan fingerprint density at radius 3 is 1.98 bits per heavy atom. The molecular weight excluding hydrogens is 512 g/mol. The van der Waals surface area contributed by atoms with Crippen molar-refractivity contribution in [3.8, 4) is 0 Å². The van der Waals surface area contributed by atoms with Crippen molar-refractivity contribution < 1.29 is 37.9 Å². The molecule has 4 aliphatic rings. The molecule has 40 heavy (non-hydrogen) atoms. The summed E-state index contributed by atoms with van der Waals surface area (Å²) in [6, 6.07) is 20.4. The van der Waals surface area contributed by atoms with Crippen molar-refractivity contribution in [2.75, 3.05) is 27.4 Å². The highest BCUT2D eigenvalue weighted by atomic mass is 16.8. The van der Waals surface area contributed by atoms with E-state index in [1.165, 1.54) is 5.56 Å². The van der Waals surface area contributed by atoms with Crippen LogP contribution in [-0.4, -0.2) is 75.1 Å². The first-order chi connectivity index (χ1) is 19.3. The van der Waals surface area contributed by atoms with Gasteiger partial charge >= 0.3 is 0 Å². The van der Waals surface area contributed by atoms with E-state index in [0.29, 0.717) is 26.4 Å². The predicted octanol–water partition coefficient (Wildman–Crippen LogP) is 5.02. The highest BCUT2D eigenvalue weighted by Gasteiger charge is 2.59. The van der Waals surface area contributed by atoms with Crippen LogP contribution in [-0.2, 0) is 51.1 Å². The second-order valence-corrected chi connectivity index (χ2v) is 11.5. The van der Waals surface area contributed by atoms with Gasteiger partial charge in [0.15, 0.2) is 12.1 Å². The largest absolute Gasteiger partial charge is 0.376 e. The zero-order valence-electron chi connectivity index (χ0n) is 24.4. The highest BCUT2D eigenvalue weighted by Crippen LogP contribution is 2.45. The minimum atomic E-state index is -0.643. The standard InChI is InChI=1S/2C16H22O4/c1-15-11-19-16(2,20-15)14(17-3)9-13(15)18-10-12-7-5-4-6-8-12;1-3-16-11-19-15(20-16)13(17-2)9-14(16)18-10-12-7-5-4-6-8-12/h4-8,13-14H,9-11H2,1-3H3;4-8,13-15H,3,9-11H2,1-2H3/t;13-,14+,15?,16-/m.1/s1. The van der Waals surface area contributed by atoms with Crippen LogP contribution in [0.2, 0.25) is 0 Å².